The molecule has 0 aromatic carbocycles. The molecule has 1 saturated carbocycles. The molecule has 1 fully saturated rings. The number of rotatable bonds is 4. The Morgan fingerprint density at radius 3 is 2.43 bits per heavy atom. The fourth-order valence-electron chi connectivity index (χ4n) is 1.48. The van der Waals surface area contributed by atoms with Crippen LogP contribution in [0.15, 0.2) is 0 Å². The van der Waals surface area contributed by atoms with Crippen LogP contribution in [0.2, 0.25) is 0 Å². The smallest absolute Gasteiger partial charge is 0.318 e. The van der Waals surface area contributed by atoms with Crippen LogP contribution in [0.1, 0.15) is 26.7 Å². The van der Waals surface area contributed by atoms with Crippen molar-refractivity contribution in [2.45, 2.75) is 38.8 Å². The lowest BCUT2D eigenvalue weighted by molar-refractivity contribution is -0.121. The standard InChI is InChI=1S/C9H17N3O2/c1-6(2)12(7-3-4-7)5-8(13)11-9(10)14/h6-7H,3-5H2,1-2H3,(H3,10,11,13,14). The molecule has 1 rings (SSSR count). The van der Waals surface area contributed by atoms with E-state index in [0.29, 0.717) is 12.1 Å². The number of hydrogen-bond acceptors (Lipinski definition) is 3. The molecular weight excluding hydrogens is 182 g/mol. The van der Waals surface area contributed by atoms with Crippen LogP contribution in [-0.4, -0.2) is 35.5 Å². The van der Waals surface area contributed by atoms with Gasteiger partial charge < -0.3 is 5.73 Å². The summed E-state index contributed by atoms with van der Waals surface area (Å²) in [6, 6.07) is 0.0456. The molecule has 0 saturated heterocycles. The third kappa shape index (κ3) is 3.33. The summed E-state index contributed by atoms with van der Waals surface area (Å²) in [5.41, 5.74) is 4.85. The van der Waals surface area contributed by atoms with Gasteiger partial charge in [-0.1, -0.05) is 0 Å². The Kier molecular flexibility index (Phi) is 3.46. The molecule has 0 aromatic rings. The van der Waals surface area contributed by atoms with Crippen LogP contribution in [-0.2, 0) is 4.79 Å². The summed E-state index contributed by atoms with van der Waals surface area (Å²) in [5, 5.41) is 2.07. The van der Waals surface area contributed by atoms with Gasteiger partial charge in [-0.25, -0.2) is 4.79 Å². The predicted octanol–water partition coefficient (Wildman–Crippen LogP) is 0.0541. The van der Waals surface area contributed by atoms with Gasteiger partial charge in [-0.15, -0.1) is 0 Å². The highest BCUT2D eigenvalue weighted by Crippen LogP contribution is 2.27. The van der Waals surface area contributed by atoms with Gasteiger partial charge in [0.1, 0.15) is 0 Å². The molecule has 0 aromatic heterocycles. The number of imide groups is 1. The highest BCUT2D eigenvalue weighted by Gasteiger charge is 2.31. The molecule has 0 spiro atoms. The maximum absolute atomic E-state index is 11.2. The van der Waals surface area contributed by atoms with E-state index in [1.165, 1.54) is 0 Å². The summed E-state index contributed by atoms with van der Waals surface area (Å²) in [6.45, 7) is 4.33. The van der Waals surface area contributed by atoms with E-state index in [9.17, 15) is 9.59 Å². The van der Waals surface area contributed by atoms with Crippen molar-refractivity contribution in [2.75, 3.05) is 6.54 Å². The molecule has 3 N–H and O–H groups in total. The quantitative estimate of drug-likeness (QED) is 0.672. The van der Waals surface area contributed by atoms with Crippen LogP contribution in [0, 0.1) is 0 Å². The molecule has 0 radical (unpaired) electrons. The predicted molar refractivity (Wildman–Crippen MR) is 52.6 cm³/mol. The average molecular weight is 199 g/mol. The third-order valence-corrected chi connectivity index (χ3v) is 2.27. The zero-order chi connectivity index (χ0) is 10.7. The monoisotopic (exact) mass is 199 g/mol. The first-order valence-electron chi connectivity index (χ1n) is 4.85. The summed E-state index contributed by atoms with van der Waals surface area (Å²) in [5.74, 6) is -0.321. The Bertz CT molecular complexity index is 234. The van der Waals surface area contributed by atoms with Crippen LogP contribution < -0.4 is 11.1 Å². The van der Waals surface area contributed by atoms with E-state index < -0.39 is 6.03 Å². The van der Waals surface area contributed by atoms with Gasteiger partial charge in [0, 0.05) is 12.1 Å². The molecular formula is C9H17N3O2. The number of carbonyl (C=O) groups excluding carboxylic acids is 2. The molecule has 3 amide bonds. The van der Waals surface area contributed by atoms with Crippen molar-refractivity contribution >= 4 is 11.9 Å². The number of urea groups is 1. The zero-order valence-electron chi connectivity index (χ0n) is 8.62. The second-order valence-corrected chi connectivity index (χ2v) is 3.91. The van der Waals surface area contributed by atoms with Crippen molar-refractivity contribution in [2.24, 2.45) is 5.73 Å². The number of nitrogens with two attached hydrogens (primary N) is 1. The number of nitrogens with one attached hydrogen (secondary N) is 1. The van der Waals surface area contributed by atoms with Crippen LogP contribution >= 0.6 is 0 Å². The minimum atomic E-state index is -0.783. The van der Waals surface area contributed by atoms with Gasteiger partial charge in [0.2, 0.25) is 5.91 Å². The molecule has 0 aliphatic heterocycles. The number of carbonyl (C=O) groups is 2. The van der Waals surface area contributed by atoms with Gasteiger partial charge in [0.05, 0.1) is 6.54 Å². The second kappa shape index (κ2) is 4.41. The minimum Gasteiger partial charge on any atom is -0.351 e. The normalized spacial score (nSPS) is 16.0. The summed E-state index contributed by atoms with van der Waals surface area (Å²) in [7, 11) is 0. The maximum atomic E-state index is 11.2. The Hall–Kier alpha value is -1.10. The van der Waals surface area contributed by atoms with Crippen molar-refractivity contribution in [3.63, 3.8) is 0 Å². The fourth-order valence-corrected chi connectivity index (χ4v) is 1.48. The molecule has 14 heavy (non-hydrogen) atoms. The van der Waals surface area contributed by atoms with Gasteiger partial charge in [-0.05, 0) is 26.7 Å². The molecule has 1 aliphatic carbocycles. The van der Waals surface area contributed by atoms with Crippen LogP contribution in [0.3, 0.4) is 0 Å². The molecule has 80 valence electrons. The Labute approximate surface area is 83.6 Å². The molecule has 0 unspecified atom stereocenters. The Morgan fingerprint density at radius 2 is 2.07 bits per heavy atom. The zero-order valence-corrected chi connectivity index (χ0v) is 8.62. The summed E-state index contributed by atoms with van der Waals surface area (Å²) < 4.78 is 0. The van der Waals surface area contributed by atoms with Gasteiger partial charge in [-0.3, -0.25) is 15.0 Å². The first kappa shape index (κ1) is 11.0. The highest BCUT2D eigenvalue weighted by atomic mass is 16.2. The van der Waals surface area contributed by atoms with E-state index in [0.717, 1.165) is 12.8 Å². The molecule has 5 heteroatoms. The van der Waals surface area contributed by atoms with Crippen molar-refractivity contribution in [3.05, 3.63) is 0 Å². The number of amides is 3. The summed E-state index contributed by atoms with van der Waals surface area (Å²) in [6.07, 6.45) is 2.28. The van der Waals surface area contributed by atoms with Crippen LogP contribution in [0.4, 0.5) is 4.79 Å². The second-order valence-electron chi connectivity index (χ2n) is 3.91. The van der Waals surface area contributed by atoms with E-state index in [1.807, 2.05) is 13.8 Å². The van der Waals surface area contributed by atoms with E-state index in [4.69, 9.17) is 5.73 Å². The topological polar surface area (TPSA) is 75.4 Å². The number of hydrogen-bond donors (Lipinski definition) is 2. The third-order valence-electron chi connectivity index (χ3n) is 2.27. The Balaban J connectivity index is 2.38. The van der Waals surface area contributed by atoms with Crippen LogP contribution in [0.25, 0.3) is 0 Å². The van der Waals surface area contributed by atoms with Crippen LogP contribution in [0.5, 0.6) is 0 Å². The SMILES string of the molecule is CC(C)N(CC(=O)NC(N)=O)C1CC1. The van der Waals surface area contributed by atoms with Gasteiger partial charge in [-0.2, -0.15) is 0 Å². The highest BCUT2D eigenvalue weighted by molar-refractivity contribution is 5.94. The van der Waals surface area contributed by atoms with Crippen molar-refractivity contribution in [1.82, 2.24) is 10.2 Å². The molecule has 0 heterocycles. The first-order chi connectivity index (χ1) is 6.50. The van der Waals surface area contributed by atoms with E-state index in [2.05, 4.69) is 10.2 Å². The van der Waals surface area contributed by atoms with E-state index in [1.54, 1.807) is 0 Å². The minimum absolute atomic E-state index is 0.255. The van der Waals surface area contributed by atoms with E-state index in [-0.39, 0.29) is 12.5 Å². The summed E-state index contributed by atoms with van der Waals surface area (Å²) >= 11 is 0. The number of primary amides is 1. The fraction of sp³-hybridized carbons (Fsp3) is 0.778. The average Bonchev–Trinajstić information content (AvgIpc) is 2.80. The molecule has 1 aliphatic rings. The first-order valence-corrected chi connectivity index (χ1v) is 4.85. The van der Waals surface area contributed by atoms with Gasteiger partial charge in [0.15, 0.2) is 0 Å². The number of nitrogens with zero attached hydrogens (tertiary/aromatic N) is 1. The van der Waals surface area contributed by atoms with Crippen molar-refractivity contribution in [1.29, 1.82) is 0 Å². The van der Waals surface area contributed by atoms with Gasteiger partial charge in [0.25, 0.3) is 0 Å². The van der Waals surface area contributed by atoms with Crippen molar-refractivity contribution in [3.8, 4) is 0 Å². The lowest BCUT2D eigenvalue weighted by Gasteiger charge is -2.25. The molecule has 0 atom stereocenters. The lowest BCUT2D eigenvalue weighted by atomic mass is 10.3. The Morgan fingerprint density at radius 1 is 1.50 bits per heavy atom. The van der Waals surface area contributed by atoms with Crippen molar-refractivity contribution < 1.29 is 9.59 Å². The molecule has 0 bridgehead atoms. The molecule has 5 nitrogen and oxygen atoms in total. The van der Waals surface area contributed by atoms with E-state index >= 15 is 0 Å². The maximum Gasteiger partial charge on any atom is 0.318 e. The summed E-state index contributed by atoms with van der Waals surface area (Å²) in [4.78, 5) is 23.7. The largest absolute Gasteiger partial charge is 0.351 e. The van der Waals surface area contributed by atoms with Gasteiger partial charge >= 0.3 is 6.03 Å². The lowest BCUT2D eigenvalue weighted by Crippen LogP contribution is -2.45.